The normalized spacial score (nSPS) is 11.7. The highest BCUT2D eigenvalue weighted by Crippen LogP contribution is 2.48. The van der Waals surface area contributed by atoms with E-state index in [-0.39, 0.29) is 0 Å². The van der Waals surface area contributed by atoms with Crippen LogP contribution in [-0.2, 0) is 0 Å². The van der Waals surface area contributed by atoms with E-state index in [1.165, 1.54) is 5.56 Å². The molecule has 0 spiro atoms. The predicted octanol–water partition coefficient (Wildman–Crippen LogP) is 11.2. The van der Waals surface area contributed by atoms with Crippen LogP contribution in [0.3, 0.4) is 0 Å². The summed E-state index contributed by atoms with van der Waals surface area (Å²) in [7, 11) is 0. The Kier molecular flexibility index (Phi) is 5.82. The van der Waals surface area contributed by atoms with Crippen molar-refractivity contribution in [2.45, 2.75) is 0 Å². The molecule has 0 unspecified atom stereocenters. The van der Waals surface area contributed by atoms with Crippen molar-refractivity contribution in [1.29, 1.82) is 0 Å². The Morgan fingerprint density at radius 1 is 0.422 bits per heavy atom. The summed E-state index contributed by atoms with van der Waals surface area (Å²) >= 11 is 0. The highest BCUT2D eigenvalue weighted by Gasteiger charge is 2.21. The van der Waals surface area contributed by atoms with E-state index in [1.54, 1.807) is 0 Å². The van der Waals surface area contributed by atoms with E-state index in [0.717, 1.165) is 83.5 Å². The van der Waals surface area contributed by atoms with Crippen molar-refractivity contribution in [2.24, 2.45) is 0 Å². The van der Waals surface area contributed by atoms with Crippen LogP contribution in [0.25, 0.3) is 77.6 Å². The van der Waals surface area contributed by atoms with E-state index in [9.17, 15) is 0 Å². The molecule has 6 aromatic carbocycles. The standard InChI is InChI=1S/C42H26N2O/c1-3-10-27(11-4-1)30-24-38(28-12-5-2-6-13-28)44-39(25-30)29-18-20-37-31(22-29)23-32(26-43-37)33-19-21-41-42-35(33)15-9-16-36(42)34-14-7-8-17-40(34)45-41/h1-26H. The van der Waals surface area contributed by atoms with Crippen LogP contribution < -0.4 is 4.74 Å². The smallest absolute Gasteiger partial charge is 0.135 e. The molecular formula is C42H26N2O. The Hall–Kier alpha value is -6.06. The summed E-state index contributed by atoms with van der Waals surface area (Å²) < 4.78 is 6.34. The molecule has 3 nitrogen and oxygen atoms in total. The van der Waals surface area contributed by atoms with Gasteiger partial charge in [0.2, 0.25) is 0 Å². The zero-order chi connectivity index (χ0) is 29.7. The number of nitrogens with zero attached hydrogens (tertiary/aromatic N) is 2. The summed E-state index contributed by atoms with van der Waals surface area (Å²) in [6.07, 6.45) is 1.98. The summed E-state index contributed by atoms with van der Waals surface area (Å²) in [6, 6.07) is 52.9. The van der Waals surface area contributed by atoms with Gasteiger partial charge in [-0.1, -0.05) is 103 Å². The van der Waals surface area contributed by atoms with Crippen molar-refractivity contribution in [3.05, 3.63) is 158 Å². The lowest BCUT2D eigenvalue weighted by Crippen LogP contribution is -1.97. The van der Waals surface area contributed by atoms with Crippen LogP contribution in [-0.4, -0.2) is 9.97 Å². The largest absolute Gasteiger partial charge is 0.456 e. The molecule has 1 aliphatic rings. The fourth-order valence-electron chi connectivity index (χ4n) is 6.50. The third kappa shape index (κ3) is 4.37. The minimum atomic E-state index is 0.887. The van der Waals surface area contributed by atoms with Crippen LogP contribution in [0.5, 0.6) is 11.5 Å². The lowest BCUT2D eigenvalue weighted by Gasteiger charge is -2.22. The SMILES string of the molecule is c1ccc(-c2cc(-c3ccccc3)nc(-c3ccc4ncc(-c5ccc6c7c(cccc57)-c5ccccc5O6)cc4c3)c2)cc1. The molecule has 8 aromatic rings. The fourth-order valence-corrected chi connectivity index (χ4v) is 6.50. The third-order valence-electron chi connectivity index (χ3n) is 8.69. The predicted molar refractivity (Wildman–Crippen MR) is 184 cm³/mol. The second-order valence-electron chi connectivity index (χ2n) is 11.4. The zero-order valence-electron chi connectivity index (χ0n) is 24.3. The quantitative estimate of drug-likeness (QED) is 0.210. The number of pyridine rings is 2. The van der Waals surface area contributed by atoms with Crippen molar-refractivity contribution in [3.63, 3.8) is 0 Å². The van der Waals surface area contributed by atoms with Crippen LogP contribution in [0.1, 0.15) is 0 Å². The molecular weight excluding hydrogens is 548 g/mol. The molecule has 0 amide bonds. The lowest BCUT2D eigenvalue weighted by atomic mass is 9.90. The van der Waals surface area contributed by atoms with E-state index in [0.29, 0.717) is 0 Å². The lowest BCUT2D eigenvalue weighted by molar-refractivity contribution is 0.487. The number of hydrogen-bond donors (Lipinski definition) is 0. The Balaban J connectivity index is 1.18. The molecule has 0 radical (unpaired) electrons. The van der Waals surface area contributed by atoms with Crippen LogP contribution in [0.2, 0.25) is 0 Å². The molecule has 3 heterocycles. The van der Waals surface area contributed by atoms with Gasteiger partial charge in [0.25, 0.3) is 0 Å². The molecule has 1 aliphatic heterocycles. The highest BCUT2D eigenvalue weighted by molar-refractivity contribution is 6.10. The number of aromatic nitrogens is 2. The Labute approximate surface area is 261 Å². The molecule has 0 aliphatic carbocycles. The van der Waals surface area contributed by atoms with Gasteiger partial charge in [0.15, 0.2) is 0 Å². The van der Waals surface area contributed by atoms with Gasteiger partial charge in [-0.05, 0) is 76.2 Å². The summed E-state index contributed by atoms with van der Waals surface area (Å²) in [5.74, 6) is 1.78. The van der Waals surface area contributed by atoms with E-state index in [1.807, 2.05) is 30.5 Å². The first-order valence-corrected chi connectivity index (χ1v) is 15.1. The van der Waals surface area contributed by atoms with Gasteiger partial charge in [0.05, 0.1) is 16.9 Å². The summed E-state index contributed by atoms with van der Waals surface area (Å²) in [6.45, 7) is 0. The molecule has 0 atom stereocenters. The molecule has 0 saturated carbocycles. The van der Waals surface area contributed by atoms with Crippen molar-refractivity contribution in [3.8, 4) is 67.4 Å². The van der Waals surface area contributed by atoms with Crippen molar-refractivity contribution < 1.29 is 4.74 Å². The van der Waals surface area contributed by atoms with Gasteiger partial charge < -0.3 is 4.74 Å². The minimum absolute atomic E-state index is 0.887. The number of benzene rings is 6. The second kappa shape index (κ2) is 10.3. The number of rotatable bonds is 4. The van der Waals surface area contributed by atoms with E-state index in [4.69, 9.17) is 14.7 Å². The van der Waals surface area contributed by atoms with Crippen LogP contribution >= 0.6 is 0 Å². The van der Waals surface area contributed by atoms with Gasteiger partial charge in [-0.15, -0.1) is 0 Å². The molecule has 2 aromatic heterocycles. The average Bonchev–Trinajstić information content (AvgIpc) is 3.12. The monoisotopic (exact) mass is 574 g/mol. The molecule has 45 heavy (non-hydrogen) atoms. The maximum atomic E-state index is 6.34. The zero-order valence-corrected chi connectivity index (χ0v) is 24.3. The molecule has 0 saturated heterocycles. The van der Waals surface area contributed by atoms with Crippen LogP contribution in [0.15, 0.2) is 158 Å². The molecule has 0 bridgehead atoms. The minimum Gasteiger partial charge on any atom is -0.456 e. The van der Waals surface area contributed by atoms with E-state index < -0.39 is 0 Å². The van der Waals surface area contributed by atoms with Gasteiger partial charge >= 0.3 is 0 Å². The molecule has 0 fully saturated rings. The fraction of sp³-hybridized carbons (Fsp3) is 0. The molecule has 9 rings (SSSR count). The summed E-state index contributed by atoms with van der Waals surface area (Å²) in [5.41, 5.74) is 11.8. The van der Waals surface area contributed by atoms with Gasteiger partial charge in [0, 0.05) is 39.2 Å². The van der Waals surface area contributed by atoms with Crippen molar-refractivity contribution in [1.82, 2.24) is 9.97 Å². The Morgan fingerprint density at radius 3 is 1.98 bits per heavy atom. The maximum Gasteiger partial charge on any atom is 0.135 e. The highest BCUT2D eigenvalue weighted by atomic mass is 16.5. The van der Waals surface area contributed by atoms with Crippen molar-refractivity contribution >= 4 is 21.7 Å². The van der Waals surface area contributed by atoms with Crippen LogP contribution in [0, 0.1) is 0 Å². The van der Waals surface area contributed by atoms with E-state index >= 15 is 0 Å². The Morgan fingerprint density at radius 2 is 1.13 bits per heavy atom. The van der Waals surface area contributed by atoms with E-state index in [2.05, 4.69) is 127 Å². The first-order valence-electron chi connectivity index (χ1n) is 15.1. The topological polar surface area (TPSA) is 35.0 Å². The summed E-state index contributed by atoms with van der Waals surface area (Å²) in [5, 5.41) is 3.36. The molecule has 0 N–H and O–H groups in total. The number of fused-ring (bicyclic) bond motifs is 3. The Bertz CT molecular complexity index is 2340. The van der Waals surface area contributed by atoms with Crippen LogP contribution in [0.4, 0.5) is 0 Å². The third-order valence-corrected chi connectivity index (χ3v) is 8.69. The maximum absolute atomic E-state index is 6.34. The number of ether oxygens (including phenoxy) is 1. The first kappa shape index (κ1) is 25.4. The first-order chi connectivity index (χ1) is 22.3. The average molecular weight is 575 g/mol. The number of para-hydroxylation sites is 1. The van der Waals surface area contributed by atoms with Crippen molar-refractivity contribution in [2.75, 3.05) is 0 Å². The van der Waals surface area contributed by atoms with Gasteiger partial charge in [-0.3, -0.25) is 4.98 Å². The number of hydrogen-bond acceptors (Lipinski definition) is 3. The van der Waals surface area contributed by atoms with Gasteiger partial charge in [-0.25, -0.2) is 4.98 Å². The second-order valence-corrected chi connectivity index (χ2v) is 11.4. The van der Waals surface area contributed by atoms with Gasteiger partial charge in [-0.2, -0.15) is 0 Å². The van der Waals surface area contributed by atoms with Gasteiger partial charge in [0.1, 0.15) is 11.5 Å². The molecule has 210 valence electrons. The molecule has 3 heteroatoms. The summed E-state index contributed by atoms with van der Waals surface area (Å²) in [4.78, 5) is 10.0.